The summed E-state index contributed by atoms with van der Waals surface area (Å²) < 4.78 is 10.5. The van der Waals surface area contributed by atoms with Gasteiger partial charge in [0.2, 0.25) is 11.6 Å². The fraction of sp³-hybridized carbons (Fsp3) is 0.478. The Labute approximate surface area is 183 Å². The van der Waals surface area contributed by atoms with Crippen LogP contribution in [0.15, 0.2) is 30.3 Å². The number of methoxy groups -OCH3 is 1. The summed E-state index contributed by atoms with van der Waals surface area (Å²) in [5.41, 5.74) is 4.28. The normalized spacial score (nSPS) is 15.2. The summed E-state index contributed by atoms with van der Waals surface area (Å²) in [6.45, 7) is 5.39. The number of ether oxygens (including phenoxy) is 2. The van der Waals surface area contributed by atoms with Crippen molar-refractivity contribution in [1.82, 2.24) is 0 Å². The van der Waals surface area contributed by atoms with E-state index in [0.717, 1.165) is 37.4 Å². The Hall–Kier alpha value is -2.70. The number of anilines is 2. The van der Waals surface area contributed by atoms with Gasteiger partial charge in [-0.25, -0.2) is 4.98 Å². The van der Waals surface area contributed by atoms with Crippen LogP contribution < -0.4 is 20.5 Å². The Morgan fingerprint density at radius 3 is 2.61 bits per heavy atom. The van der Waals surface area contributed by atoms with Gasteiger partial charge in [-0.1, -0.05) is 30.3 Å². The van der Waals surface area contributed by atoms with Gasteiger partial charge < -0.3 is 30.1 Å². The number of aromatic amines is 1. The zero-order valence-electron chi connectivity index (χ0n) is 18.2. The van der Waals surface area contributed by atoms with Gasteiger partial charge in [0.05, 0.1) is 51.6 Å². The highest BCUT2D eigenvalue weighted by Gasteiger charge is 2.30. The largest absolute Gasteiger partial charge is 0.394 e. The minimum Gasteiger partial charge on any atom is -0.394 e. The molecule has 1 aliphatic heterocycles. The summed E-state index contributed by atoms with van der Waals surface area (Å²) in [4.78, 5) is 4.88. The van der Waals surface area contributed by atoms with Gasteiger partial charge in [0, 0.05) is 19.1 Å². The first-order valence-electron chi connectivity index (χ1n) is 10.8. The molecule has 0 saturated heterocycles. The van der Waals surface area contributed by atoms with E-state index in [1.165, 1.54) is 16.0 Å². The molecule has 1 atom stereocenters. The highest BCUT2D eigenvalue weighted by Crippen LogP contribution is 2.25. The first-order chi connectivity index (χ1) is 15.3. The molecule has 5 N–H and O–H groups in total. The van der Waals surface area contributed by atoms with Crippen LogP contribution in [0.1, 0.15) is 22.3 Å². The van der Waals surface area contributed by atoms with Crippen molar-refractivity contribution < 1.29 is 24.5 Å². The number of quaternary nitrogens is 1. The molecule has 0 spiro atoms. The Morgan fingerprint density at radius 2 is 1.87 bits per heavy atom. The van der Waals surface area contributed by atoms with E-state index in [1.54, 1.807) is 7.11 Å². The highest BCUT2D eigenvalue weighted by molar-refractivity contribution is 5.60. The van der Waals surface area contributed by atoms with Crippen molar-refractivity contribution in [3.8, 4) is 6.07 Å². The number of pyridine rings is 1. The van der Waals surface area contributed by atoms with Crippen LogP contribution in [0.25, 0.3) is 0 Å². The lowest BCUT2D eigenvalue weighted by molar-refractivity contribution is -0.929. The summed E-state index contributed by atoms with van der Waals surface area (Å²) in [7, 11) is 1.69. The van der Waals surface area contributed by atoms with Gasteiger partial charge in [-0.15, -0.1) is 0 Å². The number of aliphatic hydroxyl groups excluding tert-OH is 1. The second kappa shape index (κ2) is 12.2. The lowest BCUT2D eigenvalue weighted by Crippen LogP contribution is -3.10. The van der Waals surface area contributed by atoms with Crippen LogP contribution in [0.5, 0.6) is 0 Å². The predicted octanol–water partition coefficient (Wildman–Crippen LogP) is -0.00732. The van der Waals surface area contributed by atoms with E-state index in [9.17, 15) is 5.26 Å². The maximum absolute atomic E-state index is 9.90. The maximum Gasteiger partial charge on any atom is 0.237 e. The van der Waals surface area contributed by atoms with Gasteiger partial charge in [-0.05, 0) is 5.56 Å². The van der Waals surface area contributed by atoms with E-state index in [1.807, 2.05) is 6.07 Å². The van der Waals surface area contributed by atoms with E-state index in [2.05, 4.69) is 46.0 Å². The number of aromatic nitrogens is 1. The third-order valence-electron chi connectivity index (χ3n) is 5.42. The topological polar surface area (TPSA) is 105 Å². The molecule has 0 bridgehead atoms. The minimum absolute atomic E-state index is 0.00377. The van der Waals surface area contributed by atoms with E-state index < -0.39 is 0 Å². The number of nitrogens with zero attached hydrogens (tertiary/aromatic N) is 1. The van der Waals surface area contributed by atoms with Crippen LogP contribution in [-0.4, -0.2) is 58.3 Å². The zero-order chi connectivity index (χ0) is 21.9. The maximum atomic E-state index is 9.90. The van der Waals surface area contributed by atoms with Gasteiger partial charge in [-0.3, -0.25) is 0 Å². The van der Waals surface area contributed by atoms with Crippen molar-refractivity contribution >= 4 is 11.6 Å². The van der Waals surface area contributed by atoms with Crippen LogP contribution in [-0.2, 0) is 29.0 Å². The van der Waals surface area contributed by atoms with Crippen molar-refractivity contribution in [2.24, 2.45) is 0 Å². The Balaban J connectivity index is 1.81. The van der Waals surface area contributed by atoms with Crippen LogP contribution >= 0.6 is 0 Å². The first kappa shape index (κ1) is 23.0. The van der Waals surface area contributed by atoms with Crippen LogP contribution in [0.2, 0.25) is 0 Å². The molecule has 3 rings (SSSR count). The van der Waals surface area contributed by atoms with Crippen molar-refractivity contribution in [1.29, 1.82) is 5.26 Å². The molecule has 2 heterocycles. The molecule has 8 heteroatoms. The molecule has 1 aromatic carbocycles. The van der Waals surface area contributed by atoms with Crippen molar-refractivity contribution in [3.05, 3.63) is 52.6 Å². The van der Waals surface area contributed by atoms with E-state index in [4.69, 9.17) is 14.6 Å². The average molecular weight is 428 g/mol. The van der Waals surface area contributed by atoms with Crippen molar-refractivity contribution in [2.75, 3.05) is 63.8 Å². The van der Waals surface area contributed by atoms with Gasteiger partial charge >= 0.3 is 0 Å². The molecule has 1 aromatic heterocycles. The van der Waals surface area contributed by atoms with E-state index in [-0.39, 0.29) is 6.61 Å². The Bertz CT molecular complexity index is 870. The lowest BCUT2D eigenvalue weighted by atomic mass is 9.95. The predicted molar refractivity (Wildman–Crippen MR) is 118 cm³/mol. The third-order valence-corrected chi connectivity index (χ3v) is 5.42. The van der Waals surface area contributed by atoms with Gasteiger partial charge in [0.25, 0.3) is 0 Å². The molecule has 1 aliphatic rings. The third kappa shape index (κ3) is 6.39. The molecular formula is C23H33N5O3+2. The summed E-state index contributed by atoms with van der Waals surface area (Å²) in [6.07, 6.45) is 0.851. The molecular weight excluding hydrogens is 394 g/mol. The molecule has 8 nitrogen and oxygen atoms in total. The number of aliphatic hydroxyl groups is 1. The number of fused-ring (bicyclic) bond motifs is 1. The van der Waals surface area contributed by atoms with Gasteiger partial charge in [0.15, 0.2) is 0 Å². The summed E-state index contributed by atoms with van der Waals surface area (Å²) in [6, 6.07) is 12.9. The molecule has 0 radical (unpaired) electrons. The monoisotopic (exact) mass is 427 g/mol. The second-order valence-electron chi connectivity index (χ2n) is 7.59. The van der Waals surface area contributed by atoms with Gasteiger partial charge in [-0.2, -0.15) is 5.26 Å². The number of nitrogens with one attached hydrogen (secondary N) is 4. The number of benzene rings is 1. The zero-order valence-corrected chi connectivity index (χ0v) is 18.2. The number of hydrogen-bond donors (Lipinski definition) is 4. The molecule has 0 fully saturated rings. The summed E-state index contributed by atoms with van der Waals surface area (Å²) in [5.74, 6) is 1.65. The molecule has 0 amide bonds. The Morgan fingerprint density at radius 1 is 1.10 bits per heavy atom. The highest BCUT2D eigenvalue weighted by atomic mass is 16.5. The van der Waals surface area contributed by atoms with Gasteiger partial charge in [0.1, 0.15) is 24.7 Å². The second-order valence-corrected chi connectivity index (χ2v) is 7.59. The molecule has 1 unspecified atom stereocenters. The fourth-order valence-electron chi connectivity index (χ4n) is 3.96. The minimum atomic E-state index is 0.00377. The fourth-order valence-corrected chi connectivity index (χ4v) is 3.96. The van der Waals surface area contributed by atoms with E-state index >= 15 is 0 Å². The molecule has 0 saturated carbocycles. The average Bonchev–Trinajstić information content (AvgIpc) is 2.80. The molecule has 2 aromatic rings. The lowest BCUT2D eigenvalue weighted by Gasteiger charge is -2.27. The summed E-state index contributed by atoms with van der Waals surface area (Å²) in [5, 5.41) is 25.5. The quantitative estimate of drug-likeness (QED) is 0.355. The van der Waals surface area contributed by atoms with Crippen molar-refractivity contribution in [2.45, 2.75) is 19.5 Å². The van der Waals surface area contributed by atoms with Crippen LogP contribution in [0.3, 0.4) is 0 Å². The molecule has 166 valence electrons. The summed E-state index contributed by atoms with van der Waals surface area (Å²) >= 11 is 0. The number of H-pyrrole nitrogens is 1. The SMILES string of the molecule is COCCNc1[nH+]c(NCCOCCO)c(C#N)c2c1C[NH+](Cc1ccccc1)CC2. The van der Waals surface area contributed by atoms with Crippen LogP contribution in [0.4, 0.5) is 11.6 Å². The molecule has 0 aliphatic carbocycles. The number of hydrogen-bond acceptors (Lipinski definition) is 6. The Kier molecular flexibility index (Phi) is 9.06. The van der Waals surface area contributed by atoms with Crippen molar-refractivity contribution in [3.63, 3.8) is 0 Å². The number of rotatable bonds is 12. The smallest absolute Gasteiger partial charge is 0.237 e. The van der Waals surface area contributed by atoms with E-state index in [0.29, 0.717) is 44.3 Å². The van der Waals surface area contributed by atoms with Crippen LogP contribution in [0, 0.1) is 11.3 Å². The number of nitriles is 1. The first-order valence-corrected chi connectivity index (χ1v) is 10.8. The standard InChI is InChI=1S/C23H31N5O3/c1-30-12-8-25-23-21-17-28(16-18-5-3-2-4-6-18)10-7-19(21)20(15-24)22(27-23)26-9-13-31-14-11-29/h2-6,29H,7-14,16-17H2,1H3,(H2,25,26,27)/p+2. The molecule has 31 heavy (non-hydrogen) atoms.